The van der Waals surface area contributed by atoms with Gasteiger partial charge in [0.1, 0.15) is 0 Å². The third-order valence-electron chi connectivity index (χ3n) is 0. The summed E-state index contributed by atoms with van der Waals surface area (Å²) in [5.41, 5.74) is 0. The number of rotatable bonds is 0. The van der Waals surface area contributed by atoms with Gasteiger partial charge in [0.15, 0.2) is 0 Å². The van der Waals surface area contributed by atoms with Crippen molar-refractivity contribution in [2.75, 3.05) is 0 Å². The molecule has 0 spiro atoms. The van der Waals surface area contributed by atoms with Crippen LogP contribution in [0, 0.1) is 0 Å². The van der Waals surface area contributed by atoms with E-state index in [0.29, 0.717) is 0 Å². The van der Waals surface area contributed by atoms with Crippen LogP contribution in [0.4, 0.5) is 0 Å². The number of halogens is 4. The first kappa shape index (κ1) is 79.9. The van der Waals surface area contributed by atoms with Gasteiger partial charge in [-0.2, -0.15) is 0 Å². The maximum atomic E-state index is 0. The molecule has 0 nitrogen and oxygen atoms in total. The molecule has 7 heavy (non-hydrogen) atoms. The fourth-order valence-electron chi connectivity index (χ4n) is 0. The van der Waals surface area contributed by atoms with E-state index in [2.05, 4.69) is 0 Å². The monoisotopic (exact) mass is 391 g/mol. The van der Waals surface area contributed by atoms with Crippen molar-refractivity contribution in [3.05, 3.63) is 0 Å². The molecule has 0 saturated heterocycles. The van der Waals surface area contributed by atoms with Crippen molar-refractivity contribution in [1.82, 2.24) is 0 Å². The predicted octanol–water partition coefficient (Wildman–Crippen LogP) is 1.37. The van der Waals surface area contributed by atoms with Gasteiger partial charge in [-0.3, -0.25) is 0 Å². The van der Waals surface area contributed by atoms with Gasteiger partial charge >= 0.3 is 46.1 Å². The van der Waals surface area contributed by atoms with Crippen LogP contribution in [-0.2, 0) is 21.1 Å². The summed E-state index contributed by atoms with van der Waals surface area (Å²) in [6.07, 6.45) is 0. The SMILES string of the molecule is Cl.Cl.Cl.Cl.[H-].[H-].[H-].[H-].[Mg+2].[Mg+2].[Pt]. The summed E-state index contributed by atoms with van der Waals surface area (Å²) in [6, 6.07) is 0. The van der Waals surface area contributed by atoms with Gasteiger partial charge in [0.05, 0.1) is 0 Å². The van der Waals surface area contributed by atoms with Crippen LogP contribution in [-0.4, -0.2) is 46.1 Å². The summed E-state index contributed by atoms with van der Waals surface area (Å²) in [6.45, 7) is 0. The minimum absolute atomic E-state index is 0. The quantitative estimate of drug-likeness (QED) is 0.546. The molecule has 0 atom stereocenters. The van der Waals surface area contributed by atoms with E-state index in [4.69, 9.17) is 0 Å². The topological polar surface area (TPSA) is 0 Å². The second-order valence-electron chi connectivity index (χ2n) is 0. The molecule has 0 heterocycles. The Balaban J connectivity index is 0. The van der Waals surface area contributed by atoms with Crippen LogP contribution in [0.5, 0.6) is 0 Å². The molecule has 0 amide bonds. The summed E-state index contributed by atoms with van der Waals surface area (Å²) in [7, 11) is 0. The maximum Gasteiger partial charge on any atom is 2.00 e. The summed E-state index contributed by atoms with van der Waals surface area (Å²) in [5.74, 6) is 0. The average molecular weight is 394 g/mol. The minimum atomic E-state index is 0. The Labute approximate surface area is 121 Å². The summed E-state index contributed by atoms with van der Waals surface area (Å²) in [5, 5.41) is 0. The van der Waals surface area contributed by atoms with E-state index in [1.54, 1.807) is 0 Å². The van der Waals surface area contributed by atoms with Crippen LogP contribution in [0.3, 0.4) is 0 Å². The molecule has 0 aromatic rings. The summed E-state index contributed by atoms with van der Waals surface area (Å²) >= 11 is 0. The second kappa shape index (κ2) is 57.6. The molecule has 0 bridgehead atoms. The van der Waals surface area contributed by atoms with E-state index in [1.165, 1.54) is 0 Å². The molecule has 0 aliphatic rings. The molecule has 0 aromatic carbocycles. The predicted molar refractivity (Wildman–Crippen MR) is 44.9 cm³/mol. The fraction of sp³-hybridized carbons (Fsp3) is 0. The van der Waals surface area contributed by atoms with Crippen molar-refractivity contribution < 1.29 is 26.8 Å². The van der Waals surface area contributed by atoms with Gasteiger partial charge < -0.3 is 5.71 Å². The first-order valence-electron chi connectivity index (χ1n) is 0. The Morgan fingerprint density at radius 3 is 0.571 bits per heavy atom. The normalized spacial score (nSPS) is 0. The molecule has 0 rings (SSSR count). The van der Waals surface area contributed by atoms with Gasteiger partial charge in [-0.1, -0.05) is 0 Å². The van der Waals surface area contributed by atoms with Crippen LogP contribution in [0.15, 0.2) is 0 Å². The van der Waals surface area contributed by atoms with Crippen molar-refractivity contribution >= 4 is 95.7 Å². The second-order valence-corrected chi connectivity index (χ2v) is 0. The molecule has 0 aromatic heterocycles. The zero-order chi connectivity index (χ0) is 0. The van der Waals surface area contributed by atoms with Crippen LogP contribution < -0.4 is 0 Å². The van der Waals surface area contributed by atoms with E-state index in [1.807, 2.05) is 0 Å². The maximum absolute atomic E-state index is 0. The number of hydrogen-bond donors (Lipinski definition) is 0. The van der Waals surface area contributed by atoms with Crippen molar-refractivity contribution in [3.8, 4) is 0 Å². The third-order valence-corrected chi connectivity index (χ3v) is 0. The van der Waals surface area contributed by atoms with E-state index >= 15 is 0 Å². The molecule has 0 fully saturated rings. The van der Waals surface area contributed by atoms with Crippen molar-refractivity contribution in [2.45, 2.75) is 0 Å². The molecule has 0 N–H and O–H groups in total. The van der Waals surface area contributed by atoms with E-state index in [-0.39, 0.29) is 123 Å². The smallest absolute Gasteiger partial charge is 1.00 e. The van der Waals surface area contributed by atoms with Gasteiger partial charge in [-0.15, -0.1) is 49.6 Å². The molecule has 0 aliphatic carbocycles. The van der Waals surface area contributed by atoms with Gasteiger partial charge in [0.25, 0.3) is 0 Å². The van der Waals surface area contributed by atoms with E-state index < -0.39 is 0 Å². The largest absolute Gasteiger partial charge is 2.00 e. The van der Waals surface area contributed by atoms with Crippen LogP contribution in [0.25, 0.3) is 0 Å². The van der Waals surface area contributed by atoms with Crippen LogP contribution in [0.2, 0.25) is 0 Å². The molecule has 50 valence electrons. The van der Waals surface area contributed by atoms with Crippen molar-refractivity contribution in [1.29, 1.82) is 0 Å². The average Bonchev–Trinajstić information content (AvgIpc) is 0. The Morgan fingerprint density at radius 1 is 0.571 bits per heavy atom. The molecular weight excluding hydrogens is 386 g/mol. The Kier molecular flexibility index (Phi) is 658. The minimum Gasteiger partial charge on any atom is -1.00 e. The summed E-state index contributed by atoms with van der Waals surface area (Å²) < 4.78 is 0. The molecular formula is H8Cl4Mg2Pt. The van der Waals surface area contributed by atoms with Crippen LogP contribution in [0.1, 0.15) is 5.71 Å². The van der Waals surface area contributed by atoms with E-state index in [0.717, 1.165) is 0 Å². The first-order chi connectivity index (χ1) is 0. The zero-order valence-corrected chi connectivity index (χ0v) is 11.7. The van der Waals surface area contributed by atoms with Gasteiger partial charge in [-0.05, 0) is 0 Å². The molecule has 0 saturated carbocycles. The number of hydrogen-bond acceptors (Lipinski definition) is 0. The van der Waals surface area contributed by atoms with Gasteiger partial charge in [0, 0.05) is 21.1 Å². The molecule has 0 unspecified atom stereocenters. The van der Waals surface area contributed by atoms with Crippen molar-refractivity contribution in [2.24, 2.45) is 0 Å². The van der Waals surface area contributed by atoms with E-state index in [9.17, 15) is 0 Å². The van der Waals surface area contributed by atoms with Crippen molar-refractivity contribution in [3.63, 3.8) is 0 Å². The molecule has 0 radical (unpaired) electrons. The zero-order valence-electron chi connectivity index (χ0n) is 7.36. The third kappa shape index (κ3) is 44.7. The fourth-order valence-corrected chi connectivity index (χ4v) is 0. The van der Waals surface area contributed by atoms with Gasteiger partial charge in [0.2, 0.25) is 0 Å². The Hall–Kier alpha value is 3.38. The molecule has 7 heteroatoms. The standard InChI is InChI=1S/4ClH.2Mg.Pt.4H/h4*1H;;;;;;;/q;;;;2*+2;;4*-1. The van der Waals surface area contributed by atoms with Gasteiger partial charge in [-0.25, -0.2) is 0 Å². The summed E-state index contributed by atoms with van der Waals surface area (Å²) in [4.78, 5) is 0. The Morgan fingerprint density at radius 2 is 0.571 bits per heavy atom. The Bertz CT molecular complexity index is 20.1. The first-order valence-corrected chi connectivity index (χ1v) is 0. The van der Waals surface area contributed by atoms with Crippen LogP contribution >= 0.6 is 49.6 Å². The molecule has 0 aliphatic heterocycles.